The Morgan fingerprint density at radius 2 is 1.68 bits per heavy atom. The van der Waals surface area contributed by atoms with Crippen LogP contribution in [-0.2, 0) is 12.8 Å². The van der Waals surface area contributed by atoms with Crippen molar-refractivity contribution in [3.05, 3.63) is 65.7 Å². The molecule has 0 aliphatic carbocycles. The second-order valence-electron chi connectivity index (χ2n) is 7.15. The van der Waals surface area contributed by atoms with Gasteiger partial charge in [0.1, 0.15) is 5.75 Å². The lowest BCUT2D eigenvalue weighted by Crippen LogP contribution is -2.45. The van der Waals surface area contributed by atoms with Crippen LogP contribution in [0.25, 0.3) is 0 Å². The van der Waals surface area contributed by atoms with Crippen molar-refractivity contribution >= 4 is 0 Å². The second kappa shape index (κ2) is 8.50. The SMILES string of the molecule is COc1cccc(CCC2(O)CCN(CCc3ccccc3)CC2)c1. The lowest BCUT2D eigenvalue weighted by atomic mass is 9.85. The summed E-state index contributed by atoms with van der Waals surface area (Å²) in [4.78, 5) is 2.48. The third kappa shape index (κ3) is 5.32. The lowest BCUT2D eigenvalue weighted by Gasteiger charge is -2.38. The van der Waals surface area contributed by atoms with E-state index >= 15 is 0 Å². The predicted octanol–water partition coefficient (Wildman–Crippen LogP) is 3.70. The fourth-order valence-electron chi connectivity index (χ4n) is 3.58. The van der Waals surface area contributed by atoms with Gasteiger partial charge in [0, 0.05) is 19.6 Å². The fourth-order valence-corrected chi connectivity index (χ4v) is 3.58. The first-order valence-electron chi connectivity index (χ1n) is 9.28. The third-order valence-corrected chi connectivity index (χ3v) is 5.36. The first kappa shape index (κ1) is 18.0. The van der Waals surface area contributed by atoms with Crippen molar-refractivity contribution in [3.63, 3.8) is 0 Å². The molecule has 2 aromatic carbocycles. The molecule has 0 bridgehead atoms. The first-order valence-corrected chi connectivity index (χ1v) is 9.28. The summed E-state index contributed by atoms with van der Waals surface area (Å²) in [5, 5.41) is 10.9. The van der Waals surface area contributed by atoms with Crippen molar-refractivity contribution in [2.24, 2.45) is 0 Å². The van der Waals surface area contributed by atoms with Gasteiger partial charge in [-0.25, -0.2) is 0 Å². The number of likely N-dealkylation sites (tertiary alicyclic amines) is 1. The number of methoxy groups -OCH3 is 1. The molecule has 1 aliphatic rings. The average molecular weight is 339 g/mol. The minimum absolute atomic E-state index is 0.522. The minimum Gasteiger partial charge on any atom is -0.497 e. The Bertz CT molecular complexity index is 648. The third-order valence-electron chi connectivity index (χ3n) is 5.36. The quantitative estimate of drug-likeness (QED) is 0.835. The molecule has 0 saturated carbocycles. The highest BCUT2D eigenvalue weighted by Crippen LogP contribution is 2.28. The Hall–Kier alpha value is -1.84. The van der Waals surface area contributed by atoms with E-state index in [-0.39, 0.29) is 0 Å². The van der Waals surface area contributed by atoms with E-state index in [1.54, 1.807) is 7.11 Å². The van der Waals surface area contributed by atoms with Gasteiger partial charge in [0.25, 0.3) is 0 Å². The maximum Gasteiger partial charge on any atom is 0.119 e. The molecule has 0 spiro atoms. The molecular weight excluding hydrogens is 310 g/mol. The summed E-state index contributed by atoms with van der Waals surface area (Å²) in [5.41, 5.74) is 2.10. The maximum atomic E-state index is 10.9. The zero-order chi connectivity index (χ0) is 17.5. The van der Waals surface area contributed by atoms with Crippen molar-refractivity contribution in [3.8, 4) is 5.75 Å². The first-order chi connectivity index (χ1) is 12.2. The summed E-state index contributed by atoms with van der Waals surface area (Å²) < 4.78 is 5.28. The van der Waals surface area contributed by atoms with E-state index in [2.05, 4.69) is 47.4 Å². The molecule has 1 fully saturated rings. The van der Waals surface area contributed by atoms with E-state index in [1.165, 1.54) is 11.1 Å². The molecule has 1 saturated heterocycles. The zero-order valence-corrected chi connectivity index (χ0v) is 15.2. The highest BCUT2D eigenvalue weighted by Gasteiger charge is 2.31. The number of rotatable bonds is 7. The standard InChI is InChI=1S/C22H29NO2/c1-25-21-9-5-8-20(18-21)10-12-22(24)13-16-23(17-14-22)15-11-19-6-3-2-4-7-19/h2-9,18,24H,10-17H2,1H3. The molecule has 0 aromatic heterocycles. The van der Waals surface area contributed by atoms with Crippen LogP contribution in [0.4, 0.5) is 0 Å². The summed E-state index contributed by atoms with van der Waals surface area (Å²) in [6, 6.07) is 18.8. The van der Waals surface area contributed by atoms with E-state index in [0.717, 1.165) is 57.5 Å². The van der Waals surface area contributed by atoms with Gasteiger partial charge in [0.05, 0.1) is 12.7 Å². The molecule has 2 aromatic rings. The van der Waals surface area contributed by atoms with E-state index in [0.29, 0.717) is 0 Å². The van der Waals surface area contributed by atoms with Crippen LogP contribution in [0.5, 0.6) is 5.75 Å². The normalized spacial score (nSPS) is 17.4. The Balaban J connectivity index is 1.44. The van der Waals surface area contributed by atoms with E-state index in [1.807, 2.05) is 12.1 Å². The van der Waals surface area contributed by atoms with Gasteiger partial charge in [-0.15, -0.1) is 0 Å². The number of hydrogen-bond donors (Lipinski definition) is 1. The van der Waals surface area contributed by atoms with Gasteiger partial charge < -0.3 is 14.7 Å². The molecule has 3 heteroatoms. The van der Waals surface area contributed by atoms with Gasteiger partial charge in [-0.05, 0) is 55.4 Å². The Labute approximate surface area is 151 Å². The summed E-state index contributed by atoms with van der Waals surface area (Å²) >= 11 is 0. The van der Waals surface area contributed by atoms with Crippen LogP contribution in [0.3, 0.4) is 0 Å². The summed E-state index contributed by atoms with van der Waals surface area (Å²) in [6.45, 7) is 3.05. The zero-order valence-electron chi connectivity index (χ0n) is 15.2. The van der Waals surface area contributed by atoms with Gasteiger partial charge in [0.15, 0.2) is 0 Å². The van der Waals surface area contributed by atoms with Crippen molar-refractivity contribution in [2.75, 3.05) is 26.7 Å². The number of piperidine rings is 1. The van der Waals surface area contributed by atoms with Gasteiger partial charge in [-0.3, -0.25) is 0 Å². The number of ether oxygens (including phenoxy) is 1. The Kier molecular flexibility index (Phi) is 6.11. The van der Waals surface area contributed by atoms with E-state index in [9.17, 15) is 5.11 Å². The van der Waals surface area contributed by atoms with Crippen molar-refractivity contribution in [1.29, 1.82) is 0 Å². The number of nitrogens with zero attached hydrogens (tertiary/aromatic N) is 1. The van der Waals surface area contributed by atoms with Gasteiger partial charge in [0.2, 0.25) is 0 Å². The van der Waals surface area contributed by atoms with Crippen molar-refractivity contribution < 1.29 is 9.84 Å². The van der Waals surface area contributed by atoms with E-state index in [4.69, 9.17) is 4.74 Å². The highest BCUT2D eigenvalue weighted by atomic mass is 16.5. The predicted molar refractivity (Wildman–Crippen MR) is 102 cm³/mol. The van der Waals surface area contributed by atoms with Gasteiger partial charge >= 0.3 is 0 Å². The molecule has 1 N–H and O–H groups in total. The molecule has 0 amide bonds. The van der Waals surface area contributed by atoms with Gasteiger partial charge in [-0.1, -0.05) is 42.5 Å². The minimum atomic E-state index is -0.522. The molecule has 1 heterocycles. The van der Waals surface area contributed by atoms with Crippen molar-refractivity contribution in [2.45, 2.75) is 37.7 Å². The smallest absolute Gasteiger partial charge is 0.119 e. The van der Waals surface area contributed by atoms with Crippen LogP contribution >= 0.6 is 0 Å². The van der Waals surface area contributed by atoms with Crippen LogP contribution in [0.15, 0.2) is 54.6 Å². The molecule has 0 unspecified atom stereocenters. The fraction of sp³-hybridized carbons (Fsp3) is 0.455. The van der Waals surface area contributed by atoms with Crippen LogP contribution < -0.4 is 4.74 Å². The molecule has 0 atom stereocenters. The van der Waals surface area contributed by atoms with Crippen LogP contribution in [0, 0.1) is 0 Å². The highest BCUT2D eigenvalue weighted by molar-refractivity contribution is 5.28. The molecule has 1 aliphatic heterocycles. The number of aliphatic hydroxyl groups is 1. The summed E-state index contributed by atoms with van der Waals surface area (Å²) in [6.07, 6.45) is 4.55. The van der Waals surface area contributed by atoms with E-state index < -0.39 is 5.60 Å². The summed E-state index contributed by atoms with van der Waals surface area (Å²) in [5.74, 6) is 0.889. The average Bonchev–Trinajstić information content (AvgIpc) is 2.67. The van der Waals surface area contributed by atoms with Crippen LogP contribution in [0.2, 0.25) is 0 Å². The molecule has 25 heavy (non-hydrogen) atoms. The van der Waals surface area contributed by atoms with Gasteiger partial charge in [-0.2, -0.15) is 0 Å². The molecule has 3 rings (SSSR count). The number of benzene rings is 2. The van der Waals surface area contributed by atoms with Crippen LogP contribution in [-0.4, -0.2) is 42.4 Å². The second-order valence-corrected chi connectivity index (χ2v) is 7.15. The Morgan fingerprint density at radius 1 is 0.960 bits per heavy atom. The largest absolute Gasteiger partial charge is 0.497 e. The maximum absolute atomic E-state index is 10.9. The monoisotopic (exact) mass is 339 g/mol. The van der Waals surface area contributed by atoms with Crippen molar-refractivity contribution in [1.82, 2.24) is 4.90 Å². The molecular formula is C22H29NO2. The topological polar surface area (TPSA) is 32.7 Å². The number of aryl methyl sites for hydroxylation is 1. The molecule has 0 radical (unpaired) electrons. The molecule has 3 nitrogen and oxygen atoms in total. The summed E-state index contributed by atoms with van der Waals surface area (Å²) in [7, 11) is 1.69. The Morgan fingerprint density at radius 3 is 2.40 bits per heavy atom. The number of hydrogen-bond acceptors (Lipinski definition) is 3. The lowest BCUT2D eigenvalue weighted by molar-refractivity contribution is -0.0269. The van der Waals surface area contributed by atoms with Crippen LogP contribution in [0.1, 0.15) is 30.4 Å². The molecule has 134 valence electrons.